The molecule has 0 aromatic heterocycles. The van der Waals surface area contributed by atoms with Gasteiger partial charge in [0.1, 0.15) is 0 Å². The van der Waals surface area contributed by atoms with Gasteiger partial charge in [-0.1, -0.05) is 40.9 Å². The molecular weight excluding hydrogens is 288 g/mol. The summed E-state index contributed by atoms with van der Waals surface area (Å²) >= 11 is 3.48. The lowest BCUT2D eigenvalue weighted by Gasteiger charge is -2.25. The van der Waals surface area contributed by atoms with Crippen LogP contribution in [0.2, 0.25) is 0 Å². The number of likely N-dealkylation sites (tertiary alicyclic amines) is 1. The molecule has 0 bridgehead atoms. The highest BCUT2D eigenvalue weighted by Gasteiger charge is 2.16. The number of rotatable bonds is 4. The lowest BCUT2D eigenvalue weighted by molar-refractivity contribution is 0.267. The molecule has 2 N–H and O–H groups in total. The third-order valence-corrected chi connectivity index (χ3v) is 4.33. The molecule has 0 radical (unpaired) electrons. The van der Waals surface area contributed by atoms with Crippen molar-refractivity contribution in [2.45, 2.75) is 31.6 Å². The van der Waals surface area contributed by atoms with Gasteiger partial charge in [0, 0.05) is 23.5 Å². The minimum absolute atomic E-state index is 0.469. The highest BCUT2D eigenvalue weighted by molar-refractivity contribution is 9.10. The summed E-state index contributed by atoms with van der Waals surface area (Å²) in [7, 11) is 0. The van der Waals surface area contributed by atoms with Crippen molar-refractivity contribution in [1.29, 1.82) is 0 Å². The second-order valence-corrected chi connectivity index (χ2v) is 6.11. The molecule has 1 aromatic carbocycles. The molecule has 0 aliphatic carbocycles. The van der Waals surface area contributed by atoms with Crippen LogP contribution in [0, 0.1) is 0 Å². The Kier molecular flexibility index (Phi) is 5.67. The fourth-order valence-corrected chi connectivity index (χ4v) is 2.95. The van der Waals surface area contributed by atoms with Gasteiger partial charge in [-0.2, -0.15) is 0 Å². The predicted molar refractivity (Wildman–Crippen MR) is 80.8 cm³/mol. The minimum Gasteiger partial charge on any atom is -0.330 e. The number of benzene rings is 1. The molecule has 1 fully saturated rings. The van der Waals surface area contributed by atoms with E-state index < -0.39 is 0 Å². The van der Waals surface area contributed by atoms with Crippen LogP contribution in [0.1, 0.15) is 37.2 Å². The van der Waals surface area contributed by atoms with Gasteiger partial charge in [0.05, 0.1) is 0 Å². The standard InChI is InChI=1S/C15H23BrN2/c16-15-7-5-13(6-8-15)14(11-17)12-18-9-3-1-2-4-10-18/h5-8,14H,1-4,9-12,17H2. The van der Waals surface area contributed by atoms with Crippen molar-refractivity contribution in [2.24, 2.45) is 5.73 Å². The highest BCUT2D eigenvalue weighted by atomic mass is 79.9. The zero-order valence-electron chi connectivity index (χ0n) is 10.9. The largest absolute Gasteiger partial charge is 0.330 e. The van der Waals surface area contributed by atoms with Crippen molar-refractivity contribution in [3.8, 4) is 0 Å². The molecule has 2 nitrogen and oxygen atoms in total. The van der Waals surface area contributed by atoms with E-state index in [1.165, 1.54) is 44.3 Å². The second-order valence-electron chi connectivity index (χ2n) is 5.20. The Morgan fingerprint density at radius 2 is 1.67 bits per heavy atom. The van der Waals surface area contributed by atoms with E-state index in [2.05, 4.69) is 45.1 Å². The highest BCUT2D eigenvalue weighted by Crippen LogP contribution is 2.20. The lowest BCUT2D eigenvalue weighted by atomic mass is 9.98. The van der Waals surface area contributed by atoms with Gasteiger partial charge in [-0.25, -0.2) is 0 Å². The van der Waals surface area contributed by atoms with E-state index in [1.54, 1.807) is 0 Å². The van der Waals surface area contributed by atoms with Gasteiger partial charge in [-0.3, -0.25) is 0 Å². The molecule has 1 aliphatic heterocycles. The molecule has 1 heterocycles. The number of hydrogen-bond donors (Lipinski definition) is 1. The summed E-state index contributed by atoms with van der Waals surface area (Å²) in [6.07, 6.45) is 5.47. The maximum atomic E-state index is 5.96. The van der Waals surface area contributed by atoms with E-state index in [1.807, 2.05) is 0 Å². The lowest BCUT2D eigenvalue weighted by Crippen LogP contribution is -2.32. The second kappa shape index (κ2) is 7.27. The summed E-state index contributed by atoms with van der Waals surface area (Å²) in [4.78, 5) is 2.59. The molecular formula is C15H23BrN2. The quantitative estimate of drug-likeness (QED) is 0.924. The van der Waals surface area contributed by atoms with Gasteiger partial charge < -0.3 is 10.6 Å². The molecule has 0 amide bonds. The molecule has 1 aromatic rings. The summed E-state index contributed by atoms with van der Waals surface area (Å²) in [5, 5.41) is 0. The number of hydrogen-bond acceptors (Lipinski definition) is 2. The SMILES string of the molecule is NCC(CN1CCCCCC1)c1ccc(Br)cc1. The van der Waals surface area contributed by atoms with Crippen LogP contribution in [0.4, 0.5) is 0 Å². The Bertz CT molecular complexity index is 342. The van der Waals surface area contributed by atoms with E-state index in [-0.39, 0.29) is 0 Å². The summed E-state index contributed by atoms with van der Waals surface area (Å²) < 4.78 is 1.14. The normalized spacial score (nSPS) is 19.4. The van der Waals surface area contributed by atoms with Crippen LogP contribution >= 0.6 is 15.9 Å². The number of nitrogens with two attached hydrogens (primary N) is 1. The summed E-state index contributed by atoms with van der Waals surface area (Å²) in [5.74, 6) is 0.469. The van der Waals surface area contributed by atoms with Gasteiger partial charge in [0.15, 0.2) is 0 Å². The van der Waals surface area contributed by atoms with Gasteiger partial charge in [-0.15, -0.1) is 0 Å². The summed E-state index contributed by atoms with van der Waals surface area (Å²) in [5.41, 5.74) is 7.33. The zero-order valence-corrected chi connectivity index (χ0v) is 12.5. The van der Waals surface area contributed by atoms with Crippen LogP contribution in [-0.2, 0) is 0 Å². The van der Waals surface area contributed by atoms with Crippen LogP contribution in [0.5, 0.6) is 0 Å². The fraction of sp³-hybridized carbons (Fsp3) is 0.600. The Balaban J connectivity index is 1.97. The third-order valence-electron chi connectivity index (χ3n) is 3.80. The molecule has 1 unspecified atom stereocenters. The molecule has 2 rings (SSSR count). The van der Waals surface area contributed by atoms with E-state index in [9.17, 15) is 0 Å². The Labute approximate surface area is 119 Å². The Hall–Kier alpha value is -0.380. The zero-order chi connectivity index (χ0) is 12.8. The first-order valence-corrected chi connectivity index (χ1v) is 7.77. The molecule has 1 atom stereocenters. The van der Waals surface area contributed by atoms with Crippen LogP contribution in [0.3, 0.4) is 0 Å². The van der Waals surface area contributed by atoms with Crippen LogP contribution < -0.4 is 5.73 Å². The first-order valence-electron chi connectivity index (χ1n) is 6.97. The van der Waals surface area contributed by atoms with Gasteiger partial charge in [0.25, 0.3) is 0 Å². The van der Waals surface area contributed by atoms with Crippen molar-refractivity contribution >= 4 is 15.9 Å². The average molecular weight is 311 g/mol. The smallest absolute Gasteiger partial charge is 0.0175 e. The van der Waals surface area contributed by atoms with E-state index in [0.717, 1.165) is 17.6 Å². The molecule has 0 spiro atoms. The fourth-order valence-electron chi connectivity index (χ4n) is 2.68. The maximum absolute atomic E-state index is 5.96. The van der Waals surface area contributed by atoms with Crippen molar-refractivity contribution < 1.29 is 0 Å². The van der Waals surface area contributed by atoms with Gasteiger partial charge in [-0.05, 0) is 43.6 Å². The average Bonchev–Trinajstić information content (AvgIpc) is 2.66. The first kappa shape index (κ1) is 14.0. The van der Waals surface area contributed by atoms with Crippen LogP contribution in [0.25, 0.3) is 0 Å². The van der Waals surface area contributed by atoms with Gasteiger partial charge >= 0.3 is 0 Å². The Morgan fingerprint density at radius 1 is 1.06 bits per heavy atom. The van der Waals surface area contributed by atoms with Crippen molar-refractivity contribution in [3.63, 3.8) is 0 Å². The van der Waals surface area contributed by atoms with Gasteiger partial charge in [0.2, 0.25) is 0 Å². The monoisotopic (exact) mass is 310 g/mol. The van der Waals surface area contributed by atoms with E-state index in [4.69, 9.17) is 5.73 Å². The molecule has 3 heteroatoms. The molecule has 0 saturated carbocycles. The number of nitrogens with zero attached hydrogens (tertiary/aromatic N) is 1. The number of halogens is 1. The maximum Gasteiger partial charge on any atom is 0.0175 e. The summed E-state index contributed by atoms with van der Waals surface area (Å²) in [6, 6.07) is 8.61. The topological polar surface area (TPSA) is 29.3 Å². The minimum atomic E-state index is 0.469. The van der Waals surface area contributed by atoms with Crippen molar-refractivity contribution in [1.82, 2.24) is 4.90 Å². The first-order chi connectivity index (χ1) is 8.79. The van der Waals surface area contributed by atoms with Crippen molar-refractivity contribution in [3.05, 3.63) is 34.3 Å². The van der Waals surface area contributed by atoms with E-state index >= 15 is 0 Å². The van der Waals surface area contributed by atoms with Crippen LogP contribution in [0.15, 0.2) is 28.7 Å². The molecule has 1 aliphatic rings. The molecule has 1 saturated heterocycles. The molecule has 100 valence electrons. The Morgan fingerprint density at radius 3 is 2.22 bits per heavy atom. The summed E-state index contributed by atoms with van der Waals surface area (Å²) in [6.45, 7) is 4.33. The predicted octanol–water partition coefficient (Wildman–Crippen LogP) is 3.37. The third kappa shape index (κ3) is 4.08. The van der Waals surface area contributed by atoms with Crippen molar-refractivity contribution in [2.75, 3.05) is 26.2 Å². The van der Waals surface area contributed by atoms with E-state index in [0.29, 0.717) is 5.92 Å². The van der Waals surface area contributed by atoms with Crippen LogP contribution in [-0.4, -0.2) is 31.1 Å². The molecule has 18 heavy (non-hydrogen) atoms.